The first-order chi connectivity index (χ1) is 7.67. The molecule has 94 valence electrons. The van der Waals surface area contributed by atoms with Gasteiger partial charge in [0, 0.05) is 25.7 Å². The van der Waals surface area contributed by atoms with Gasteiger partial charge in [-0.25, -0.2) is 0 Å². The van der Waals surface area contributed by atoms with Crippen LogP contribution in [0.4, 0.5) is 0 Å². The van der Waals surface area contributed by atoms with E-state index in [2.05, 4.69) is 19.2 Å². The van der Waals surface area contributed by atoms with Gasteiger partial charge < -0.3 is 15.8 Å². The number of carbonyl (C=O) groups is 1. The molecule has 0 unspecified atom stereocenters. The quantitative estimate of drug-likeness (QED) is 0.739. The molecule has 1 heterocycles. The van der Waals surface area contributed by atoms with E-state index in [4.69, 9.17) is 10.5 Å². The highest BCUT2D eigenvalue weighted by Crippen LogP contribution is 2.19. The van der Waals surface area contributed by atoms with Crippen LogP contribution in [0.5, 0.6) is 0 Å². The van der Waals surface area contributed by atoms with Crippen LogP contribution >= 0.6 is 0 Å². The first-order valence-corrected chi connectivity index (χ1v) is 6.27. The van der Waals surface area contributed by atoms with Crippen molar-refractivity contribution in [2.45, 2.75) is 45.1 Å². The molecule has 1 amide bonds. The van der Waals surface area contributed by atoms with Gasteiger partial charge in [-0.05, 0) is 25.7 Å². The highest BCUT2D eigenvalue weighted by Gasteiger charge is 2.30. The number of hydrogen-bond acceptors (Lipinski definition) is 3. The first kappa shape index (κ1) is 13.5. The fourth-order valence-electron chi connectivity index (χ4n) is 2.09. The molecule has 0 aliphatic carbocycles. The summed E-state index contributed by atoms with van der Waals surface area (Å²) in [6, 6.07) is 0. The number of amides is 1. The van der Waals surface area contributed by atoms with Gasteiger partial charge in [0.15, 0.2) is 0 Å². The first-order valence-electron chi connectivity index (χ1n) is 6.27. The predicted octanol–water partition coefficient (Wildman–Crippen LogP) is 1.05. The molecular formula is C12H24N2O2. The van der Waals surface area contributed by atoms with Crippen LogP contribution in [0.15, 0.2) is 0 Å². The number of nitrogens with two attached hydrogens (primary N) is 1. The third-order valence-electron chi connectivity index (χ3n) is 3.72. The maximum absolute atomic E-state index is 12.1. The molecule has 1 rings (SSSR count). The summed E-state index contributed by atoms with van der Waals surface area (Å²) in [5, 5.41) is 3.13. The summed E-state index contributed by atoms with van der Waals surface area (Å²) >= 11 is 0. The average Bonchev–Trinajstić information content (AvgIpc) is 2.37. The standard InChI is InChI=1S/C12H24N2O2/c1-3-12(4-2,9-13)14-11(15)10-5-7-16-8-6-10/h10H,3-9,13H2,1-2H3,(H,14,15). The molecule has 0 radical (unpaired) electrons. The molecule has 4 nitrogen and oxygen atoms in total. The van der Waals surface area contributed by atoms with E-state index in [9.17, 15) is 4.79 Å². The summed E-state index contributed by atoms with van der Waals surface area (Å²) in [4.78, 5) is 12.1. The summed E-state index contributed by atoms with van der Waals surface area (Å²) in [6.07, 6.45) is 3.43. The van der Waals surface area contributed by atoms with Crippen molar-refractivity contribution >= 4 is 5.91 Å². The van der Waals surface area contributed by atoms with Crippen LogP contribution < -0.4 is 11.1 Å². The summed E-state index contributed by atoms with van der Waals surface area (Å²) in [7, 11) is 0. The second kappa shape index (κ2) is 6.21. The number of hydrogen-bond donors (Lipinski definition) is 2. The van der Waals surface area contributed by atoms with Crippen molar-refractivity contribution in [1.82, 2.24) is 5.32 Å². The minimum absolute atomic E-state index is 0.109. The Bertz CT molecular complexity index is 213. The van der Waals surface area contributed by atoms with E-state index < -0.39 is 0 Å². The van der Waals surface area contributed by atoms with Gasteiger partial charge in [-0.3, -0.25) is 4.79 Å². The fraction of sp³-hybridized carbons (Fsp3) is 0.917. The Kier molecular flexibility index (Phi) is 5.22. The molecule has 1 saturated heterocycles. The van der Waals surface area contributed by atoms with E-state index in [-0.39, 0.29) is 17.4 Å². The lowest BCUT2D eigenvalue weighted by molar-refractivity contribution is -0.129. The highest BCUT2D eigenvalue weighted by molar-refractivity contribution is 5.79. The monoisotopic (exact) mass is 228 g/mol. The third kappa shape index (κ3) is 3.19. The predicted molar refractivity (Wildman–Crippen MR) is 64.1 cm³/mol. The number of rotatable bonds is 5. The maximum atomic E-state index is 12.1. The molecule has 1 aliphatic heterocycles. The van der Waals surface area contributed by atoms with Crippen molar-refractivity contribution in [3.05, 3.63) is 0 Å². The lowest BCUT2D eigenvalue weighted by atomic mass is 9.90. The van der Waals surface area contributed by atoms with Gasteiger partial charge in [0.1, 0.15) is 0 Å². The van der Waals surface area contributed by atoms with Gasteiger partial charge in [-0.1, -0.05) is 13.8 Å². The van der Waals surface area contributed by atoms with Crippen molar-refractivity contribution in [3.8, 4) is 0 Å². The topological polar surface area (TPSA) is 64.3 Å². The van der Waals surface area contributed by atoms with Crippen LogP contribution in [-0.2, 0) is 9.53 Å². The van der Waals surface area contributed by atoms with Crippen LogP contribution in [0.1, 0.15) is 39.5 Å². The van der Waals surface area contributed by atoms with Crippen LogP contribution in [0, 0.1) is 5.92 Å². The zero-order chi connectivity index (χ0) is 12.0. The Hall–Kier alpha value is -0.610. The van der Waals surface area contributed by atoms with Crippen molar-refractivity contribution in [2.24, 2.45) is 11.7 Å². The number of ether oxygens (including phenoxy) is 1. The van der Waals surface area contributed by atoms with Gasteiger partial charge in [-0.2, -0.15) is 0 Å². The number of carbonyl (C=O) groups excluding carboxylic acids is 1. The SMILES string of the molecule is CCC(CC)(CN)NC(=O)C1CCOCC1. The molecule has 1 aliphatic rings. The van der Waals surface area contributed by atoms with Gasteiger partial charge in [-0.15, -0.1) is 0 Å². The Morgan fingerprint density at radius 2 is 1.94 bits per heavy atom. The molecule has 0 bridgehead atoms. The van der Waals surface area contributed by atoms with E-state index in [1.807, 2.05) is 0 Å². The second-order valence-corrected chi connectivity index (χ2v) is 4.57. The van der Waals surface area contributed by atoms with Crippen LogP contribution in [-0.4, -0.2) is 31.2 Å². The molecule has 3 N–H and O–H groups in total. The number of nitrogens with one attached hydrogen (secondary N) is 1. The van der Waals surface area contributed by atoms with Gasteiger partial charge in [0.25, 0.3) is 0 Å². The Morgan fingerprint density at radius 3 is 2.38 bits per heavy atom. The van der Waals surface area contributed by atoms with Crippen molar-refractivity contribution in [1.29, 1.82) is 0 Å². The van der Waals surface area contributed by atoms with E-state index in [1.54, 1.807) is 0 Å². The molecule has 0 spiro atoms. The molecule has 16 heavy (non-hydrogen) atoms. The molecule has 0 aromatic rings. The molecule has 0 aromatic heterocycles. The lowest BCUT2D eigenvalue weighted by Crippen LogP contribution is -2.54. The Morgan fingerprint density at radius 1 is 1.38 bits per heavy atom. The average molecular weight is 228 g/mol. The molecule has 0 saturated carbocycles. The molecular weight excluding hydrogens is 204 g/mol. The van der Waals surface area contributed by atoms with Crippen molar-refractivity contribution < 1.29 is 9.53 Å². The van der Waals surface area contributed by atoms with Crippen LogP contribution in [0.3, 0.4) is 0 Å². The minimum Gasteiger partial charge on any atom is -0.381 e. The second-order valence-electron chi connectivity index (χ2n) is 4.57. The van der Waals surface area contributed by atoms with Crippen molar-refractivity contribution in [2.75, 3.05) is 19.8 Å². The van der Waals surface area contributed by atoms with Gasteiger partial charge in [0.05, 0.1) is 5.54 Å². The lowest BCUT2D eigenvalue weighted by Gasteiger charge is -2.34. The molecule has 0 aromatic carbocycles. The van der Waals surface area contributed by atoms with Gasteiger partial charge in [0.2, 0.25) is 5.91 Å². The highest BCUT2D eigenvalue weighted by atomic mass is 16.5. The molecule has 0 atom stereocenters. The van der Waals surface area contributed by atoms with Crippen LogP contribution in [0.25, 0.3) is 0 Å². The van der Waals surface area contributed by atoms with E-state index in [0.717, 1.165) is 25.7 Å². The largest absolute Gasteiger partial charge is 0.381 e. The third-order valence-corrected chi connectivity index (χ3v) is 3.72. The summed E-state index contributed by atoms with van der Waals surface area (Å²) < 4.78 is 5.25. The minimum atomic E-state index is -0.213. The zero-order valence-corrected chi connectivity index (χ0v) is 10.4. The normalized spacial score (nSPS) is 18.4. The fourth-order valence-corrected chi connectivity index (χ4v) is 2.09. The maximum Gasteiger partial charge on any atom is 0.223 e. The smallest absolute Gasteiger partial charge is 0.223 e. The van der Waals surface area contributed by atoms with Crippen molar-refractivity contribution in [3.63, 3.8) is 0 Å². The van der Waals surface area contributed by atoms with E-state index >= 15 is 0 Å². The Labute approximate surface area is 97.9 Å². The summed E-state index contributed by atoms with van der Waals surface area (Å²) in [5.41, 5.74) is 5.55. The summed E-state index contributed by atoms with van der Waals surface area (Å²) in [5.74, 6) is 0.259. The van der Waals surface area contributed by atoms with E-state index in [1.165, 1.54) is 0 Å². The molecule has 4 heteroatoms. The zero-order valence-electron chi connectivity index (χ0n) is 10.4. The van der Waals surface area contributed by atoms with E-state index in [0.29, 0.717) is 19.8 Å². The molecule has 1 fully saturated rings. The van der Waals surface area contributed by atoms with Crippen LogP contribution in [0.2, 0.25) is 0 Å². The Balaban J connectivity index is 2.53. The summed E-state index contributed by atoms with van der Waals surface area (Å²) in [6.45, 7) is 6.05. The van der Waals surface area contributed by atoms with Gasteiger partial charge >= 0.3 is 0 Å².